The van der Waals surface area contributed by atoms with Crippen LogP contribution in [0.25, 0.3) is 0 Å². The smallest absolute Gasteiger partial charge is 0.141 e. The first-order valence-electron chi connectivity index (χ1n) is 6.64. The number of halogens is 1. The minimum Gasteiger partial charge on any atom is -0.304 e. The van der Waals surface area contributed by atoms with Gasteiger partial charge in [-0.1, -0.05) is 13.8 Å². The minimum absolute atomic E-state index is 0.174. The van der Waals surface area contributed by atoms with Crippen LogP contribution in [0.4, 0.5) is 4.39 Å². The molecule has 1 atom stereocenters. The summed E-state index contributed by atoms with van der Waals surface area (Å²) in [4.78, 5) is 5.54. The van der Waals surface area contributed by atoms with Crippen molar-refractivity contribution in [3.05, 3.63) is 51.7 Å². The number of aryl methyl sites for hydroxylation is 1. The van der Waals surface area contributed by atoms with E-state index in [9.17, 15) is 4.39 Å². The van der Waals surface area contributed by atoms with Crippen LogP contribution in [0.2, 0.25) is 0 Å². The standard InChI is InChI=1S/C15H19FN2S/c1-3-11-7-8-19-15(11)10-18-13(4-2)14-6-5-12(16)9-17-14/h5-9,13,18H,3-4,10H2,1-2H3. The van der Waals surface area contributed by atoms with E-state index in [1.165, 1.54) is 22.7 Å². The van der Waals surface area contributed by atoms with Gasteiger partial charge in [-0.05, 0) is 42.0 Å². The van der Waals surface area contributed by atoms with E-state index in [0.717, 1.165) is 25.1 Å². The quantitative estimate of drug-likeness (QED) is 0.861. The number of pyridine rings is 1. The molecule has 2 nitrogen and oxygen atoms in total. The number of hydrogen-bond acceptors (Lipinski definition) is 3. The maximum atomic E-state index is 12.9. The Morgan fingerprint density at radius 1 is 1.32 bits per heavy atom. The van der Waals surface area contributed by atoms with Crippen LogP contribution in [0.15, 0.2) is 29.8 Å². The highest BCUT2D eigenvalue weighted by molar-refractivity contribution is 7.10. The van der Waals surface area contributed by atoms with Crippen LogP contribution in [0.5, 0.6) is 0 Å². The van der Waals surface area contributed by atoms with E-state index >= 15 is 0 Å². The summed E-state index contributed by atoms with van der Waals surface area (Å²) in [5.41, 5.74) is 2.30. The fourth-order valence-electron chi connectivity index (χ4n) is 2.10. The number of thiophene rings is 1. The van der Waals surface area contributed by atoms with Gasteiger partial charge in [0.25, 0.3) is 0 Å². The first-order valence-corrected chi connectivity index (χ1v) is 7.52. The molecule has 19 heavy (non-hydrogen) atoms. The molecule has 0 saturated heterocycles. The highest BCUT2D eigenvalue weighted by Crippen LogP contribution is 2.20. The summed E-state index contributed by atoms with van der Waals surface area (Å²) in [5.74, 6) is -0.287. The molecule has 4 heteroatoms. The highest BCUT2D eigenvalue weighted by Gasteiger charge is 2.11. The third kappa shape index (κ3) is 3.61. The van der Waals surface area contributed by atoms with Gasteiger partial charge in [0, 0.05) is 17.5 Å². The fraction of sp³-hybridized carbons (Fsp3) is 0.400. The predicted octanol–water partition coefficient (Wildman–Crippen LogP) is 4.09. The summed E-state index contributed by atoms with van der Waals surface area (Å²) in [5, 5.41) is 5.64. The van der Waals surface area contributed by atoms with Gasteiger partial charge < -0.3 is 5.32 Å². The molecular weight excluding hydrogens is 259 g/mol. The molecule has 0 radical (unpaired) electrons. The lowest BCUT2D eigenvalue weighted by Crippen LogP contribution is -2.21. The Labute approximate surface area is 117 Å². The zero-order chi connectivity index (χ0) is 13.7. The third-order valence-electron chi connectivity index (χ3n) is 3.24. The van der Waals surface area contributed by atoms with E-state index in [-0.39, 0.29) is 11.9 Å². The summed E-state index contributed by atoms with van der Waals surface area (Å²) in [7, 11) is 0. The Morgan fingerprint density at radius 2 is 2.16 bits per heavy atom. The molecule has 0 aliphatic rings. The number of rotatable bonds is 6. The lowest BCUT2D eigenvalue weighted by atomic mass is 10.1. The predicted molar refractivity (Wildman–Crippen MR) is 77.8 cm³/mol. The highest BCUT2D eigenvalue weighted by atomic mass is 32.1. The van der Waals surface area contributed by atoms with Crippen LogP contribution in [-0.4, -0.2) is 4.98 Å². The molecule has 1 unspecified atom stereocenters. The first kappa shape index (κ1) is 14.2. The van der Waals surface area contributed by atoms with Crippen LogP contribution < -0.4 is 5.32 Å². The Balaban J connectivity index is 2.01. The average Bonchev–Trinajstić information content (AvgIpc) is 2.89. The molecule has 0 aromatic carbocycles. The van der Waals surface area contributed by atoms with Crippen LogP contribution in [-0.2, 0) is 13.0 Å². The molecule has 2 rings (SSSR count). The summed E-state index contributed by atoms with van der Waals surface area (Å²) in [6.45, 7) is 5.13. The molecule has 1 N–H and O–H groups in total. The third-order valence-corrected chi connectivity index (χ3v) is 4.21. The average molecular weight is 278 g/mol. The van der Waals surface area contributed by atoms with Crippen molar-refractivity contribution < 1.29 is 4.39 Å². The molecule has 0 bridgehead atoms. The van der Waals surface area contributed by atoms with Crippen molar-refractivity contribution in [2.24, 2.45) is 0 Å². The lowest BCUT2D eigenvalue weighted by molar-refractivity contribution is 0.505. The van der Waals surface area contributed by atoms with Gasteiger partial charge in [-0.15, -0.1) is 11.3 Å². The van der Waals surface area contributed by atoms with Crippen LogP contribution >= 0.6 is 11.3 Å². The van der Waals surface area contributed by atoms with Gasteiger partial charge in [0.2, 0.25) is 0 Å². The largest absolute Gasteiger partial charge is 0.304 e. The zero-order valence-electron chi connectivity index (χ0n) is 11.3. The van der Waals surface area contributed by atoms with Crippen LogP contribution in [0.1, 0.15) is 42.4 Å². The molecule has 0 aliphatic heterocycles. The van der Waals surface area contributed by atoms with Gasteiger partial charge >= 0.3 is 0 Å². The van der Waals surface area contributed by atoms with E-state index in [2.05, 4.69) is 35.6 Å². The molecule has 0 fully saturated rings. The van der Waals surface area contributed by atoms with Crippen molar-refractivity contribution >= 4 is 11.3 Å². The molecule has 0 spiro atoms. The summed E-state index contributed by atoms with van der Waals surface area (Å²) >= 11 is 1.78. The van der Waals surface area contributed by atoms with Crippen molar-refractivity contribution in [3.63, 3.8) is 0 Å². The van der Waals surface area contributed by atoms with Gasteiger partial charge in [0.15, 0.2) is 0 Å². The monoisotopic (exact) mass is 278 g/mol. The Morgan fingerprint density at radius 3 is 2.79 bits per heavy atom. The van der Waals surface area contributed by atoms with Gasteiger partial charge in [0.1, 0.15) is 5.82 Å². The Hall–Kier alpha value is -1.26. The number of hydrogen-bond donors (Lipinski definition) is 1. The van der Waals surface area contributed by atoms with Crippen molar-refractivity contribution in [2.75, 3.05) is 0 Å². The summed E-state index contributed by atoms with van der Waals surface area (Å²) in [6.07, 6.45) is 3.28. The van der Waals surface area contributed by atoms with Gasteiger partial charge in [0.05, 0.1) is 11.9 Å². The number of aromatic nitrogens is 1. The second kappa shape index (κ2) is 6.78. The fourth-order valence-corrected chi connectivity index (χ4v) is 3.03. The topological polar surface area (TPSA) is 24.9 Å². The normalized spacial score (nSPS) is 12.6. The SMILES string of the molecule is CCc1ccsc1CNC(CC)c1ccc(F)cn1. The van der Waals surface area contributed by atoms with Crippen molar-refractivity contribution in [1.82, 2.24) is 10.3 Å². The minimum atomic E-state index is -0.287. The molecule has 2 aromatic rings. The number of nitrogens with one attached hydrogen (secondary N) is 1. The van der Waals surface area contributed by atoms with E-state index < -0.39 is 0 Å². The summed E-state index contributed by atoms with van der Waals surface area (Å²) < 4.78 is 12.9. The molecule has 102 valence electrons. The lowest BCUT2D eigenvalue weighted by Gasteiger charge is -2.16. The van der Waals surface area contributed by atoms with Crippen molar-refractivity contribution in [2.45, 2.75) is 39.3 Å². The van der Waals surface area contributed by atoms with Crippen molar-refractivity contribution in [3.8, 4) is 0 Å². The maximum Gasteiger partial charge on any atom is 0.141 e. The van der Waals surface area contributed by atoms with E-state index in [4.69, 9.17) is 0 Å². The van der Waals surface area contributed by atoms with Crippen LogP contribution in [0, 0.1) is 5.82 Å². The van der Waals surface area contributed by atoms with Crippen LogP contribution in [0.3, 0.4) is 0 Å². The maximum absolute atomic E-state index is 12.9. The Kier molecular flexibility index (Phi) is 5.05. The second-order valence-corrected chi connectivity index (χ2v) is 5.47. The van der Waals surface area contributed by atoms with Crippen molar-refractivity contribution in [1.29, 1.82) is 0 Å². The second-order valence-electron chi connectivity index (χ2n) is 4.47. The molecule has 2 aromatic heterocycles. The number of nitrogens with zero attached hydrogens (tertiary/aromatic N) is 1. The molecule has 0 amide bonds. The molecule has 0 aliphatic carbocycles. The molecular formula is C15H19FN2S. The molecule has 0 saturated carbocycles. The zero-order valence-corrected chi connectivity index (χ0v) is 12.1. The van der Waals surface area contributed by atoms with E-state index in [0.29, 0.717) is 0 Å². The van der Waals surface area contributed by atoms with Gasteiger partial charge in [-0.3, -0.25) is 4.98 Å². The Bertz CT molecular complexity index is 507. The molecule has 2 heterocycles. The first-order chi connectivity index (χ1) is 9.24. The van der Waals surface area contributed by atoms with Gasteiger partial charge in [-0.2, -0.15) is 0 Å². The van der Waals surface area contributed by atoms with E-state index in [1.54, 1.807) is 17.4 Å². The van der Waals surface area contributed by atoms with Gasteiger partial charge in [-0.25, -0.2) is 4.39 Å². The van der Waals surface area contributed by atoms with E-state index in [1.807, 2.05) is 0 Å². The summed E-state index contributed by atoms with van der Waals surface area (Å²) in [6, 6.07) is 5.58.